The van der Waals surface area contributed by atoms with E-state index in [9.17, 15) is 9.59 Å². The van der Waals surface area contributed by atoms with E-state index in [1.54, 1.807) is 49.4 Å². The van der Waals surface area contributed by atoms with Crippen LogP contribution < -0.4 is 10.1 Å². The third-order valence-corrected chi connectivity index (χ3v) is 5.01. The molecule has 0 radical (unpaired) electrons. The molecule has 0 saturated carbocycles. The molecule has 2 rings (SSSR count). The van der Waals surface area contributed by atoms with Gasteiger partial charge in [-0.1, -0.05) is 46.9 Å². The lowest BCUT2D eigenvalue weighted by Gasteiger charge is -2.29. The highest BCUT2D eigenvalue weighted by atomic mass is 35.5. The third-order valence-electron chi connectivity index (χ3n) is 4.07. The zero-order valence-corrected chi connectivity index (χ0v) is 17.8. The molecule has 0 heterocycles. The van der Waals surface area contributed by atoms with Crippen molar-refractivity contribution in [1.82, 2.24) is 10.2 Å². The van der Waals surface area contributed by atoms with Crippen molar-refractivity contribution in [3.63, 3.8) is 0 Å². The lowest BCUT2D eigenvalue weighted by molar-refractivity contribution is -0.142. The van der Waals surface area contributed by atoms with Crippen LogP contribution in [-0.2, 0) is 16.1 Å². The highest BCUT2D eigenvalue weighted by molar-refractivity contribution is 6.36. The van der Waals surface area contributed by atoms with Gasteiger partial charge in [-0.15, -0.1) is 0 Å². The molecule has 0 aliphatic rings. The van der Waals surface area contributed by atoms with Crippen molar-refractivity contribution in [3.8, 4) is 5.75 Å². The van der Waals surface area contributed by atoms with Gasteiger partial charge in [0.1, 0.15) is 11.8 Å². The maximum atomic E-state index is 12.9. The Hall–Kier alpha value is -1.95. The van der Waals surface area contributed by atoms with Crippen LogP contribution in [-0.4, -0.2) is 35.9 Å². The summed E-state index contributed by atoms with van der Waals surface area (Å²) in [6, 6.07) is 11.1. The van der Waals surface area contributed by atoms with Crippen molar-refractivity contribution in [2.75, 3.05) is 13.2 Å². The van der Waals surface area contributed by atoms with Gasteiger partial charge in [-0.05, 0) is 44.2 Å². The average molecular weight is 444 g/mol. The average Bonchev–Trinajstić information content (AvgIpc) is 2.66. The monoisotopic (exact) mass is 442 g/mol. The Kier molecular flexibility index (Phi) is 8.42. The summed E-state index contributed by atoms with van der Waals surface area (Å²) in [5.74, 6) is -0.196. The summed E-state index contributed by atoms with van der Waals surface area (Å²) < 4.78 is 5.54. The Labute approximate surface area is 179 Å². The number of benzene rings is 2. The van der Waals surface area contributed by atoms with Gasteiger partial charge < -0.3 is 15.0 Å². The molecule has 8 heteroatoms. The normalized spacial score (nSPS) is 11.6. The van der Waals surface area contributed by atoms with Crippen LogP contribution in [0.1, 0.15) is 19.4 Å². The minimum absolute atomic E-state index is 0.0779. The molecule has 0 saturated heterocycles. The standard InChI is InChI=1S/C20H21Cl3N2O3/c1-3-24-20(27)13(2)25(11-16-17(22)8-5-9-18(16)23)19(26)12-28-15-7-4-6-14(21)10-15/h4-10,13H,3,11-12H2,1-2H3,(H,24,27)/t13-/m1/s1. The van der Waals surface area contributed by atoms with E-state index < -0.39 is 6.04 Å². The van der Waals surface area contributed by atoms with E-state index in [0.29, 0.717) is 32.9 Å². The fraction of sp³-hybridized carbons (Fsp3) is 0.300. The van der Waals surface area contributed by atoms with Gasteiger partial charge in [-0.3, -0.25) is 9.59 Å². The first-order valence-electron chi connectivity index (χ1n) is 8.72. The fourth-order valence-corrected chi connectivity index (χ4v) is 3.24. The molecule has 2 aromatic rings. The van der Waals surface area contributed by atoms with Crippen LogP contribution in [0.3, 0.4) is 0 Å². The molecular formula is C20H21Cl3N2O3. The predicted molar refractivity (Wildman–Crippen MR) is 112 cm³/mol. The number of hydrogen-bond donors (Lipinski definition) is 1. The van der Waals surface area contributed by atoms with Gasteiger partial charge in [0.15, 0.2) is 6.61 Å². The van der Waals surface area contributed by atoms with E-state index in [-0.39, 0.29) is 25.0 Å². The maximum Gasteiger partial charge on any atom is 0.261 e. The first-order valence-corrected chi connectivity index (χ1v) is 9.85. The molecule has 0 unspecified atom stereocenters. The molecule has 2 aromatic carbocycles. The number of likely N-dealkylation sites (N-methyl/N-ethyl adjacent to an activating group) is 1. The number of carbonyl (C=O) groups excluding carboxylic acids is 2. The van der Waals surface area contributed by atoms with Gasteiger partial charge in [0.25, 0.3) is 5.91 Å². The van der Waals surface area contributed by atoms with Gasteiger partial charge in [0.2, 0.25) is 5.91 Å². The van der Waals surface area contributed by atoms with Crippen LogP contribution in [0.4, 0.5) is 0 Å². The van der Waals surface area contributed by atoms with Crippen LogP contribution in [0, 0.1) is 0 Å². The Morgan fingerprint density at radius 3 is 2.36 bits per heavy atom. The highest BCUT2D eigenvalue weighted by Crippen LogP contribution is 2.26. The lowest BCUT2D eigenvalue weighted by atomic mass is 10.1. The second-order valence-corrected chi connectivity index (χ2v) is 7.29. The SMILES string of the molecule is CCNC(=O)[C@@H](C)N(Cc1c(Cl)cccc1Cl)C(=O)COc1cccc(Cl)c1. The molecule has 0 bridgehead atoms. The van der Waals surface area contributed by atoms with Gasteiger partial charge in [0, 0.05) is 33.7 Å². The fourth-order valence-electron chi connectivity index (χ4n) is 2.54. The molecule has 1 atom stereocenters. The Morgan fingerprint density at radius 2 is 1.75 bits per heavy atom. The molecule has 2 amide bonds. The molecule has 5 nitrogen and oxygen atoms in total. The number of carbonyl (C=O) groups is 2. The summed E-state index contributed by atoms with van der Waals surface area (Å²) >= 11 is 18.4. The number of nitrogens with one attached hydrogen (secondary N) is 1. The molecule has 0 aliphatic heterocycles. The Bertz CT molecular complexity index is 825. The zero-order chi connectivity index (χ0) is 20.7. The minimum Gasteiger partial charge on any atom is -0.484 e. The van der Waals surface area contributed by atoms with Gasteiger partial charge in [0.05, 0.1) is 0 Å². The molecule has 0 aliphatic carbocycles. The summed E-state index contributed by atoms with van der Waals surface area (Å²) in [4.78, 5) is 26.6. The molecular weight excluding hydrogens is 423 g/mol. The second kappa shape index (κ2) is 10.6. The topological polar surface area (TPSA) is 58.6 Å². The van der Waals surface area contributed by atoms with E-state index in [1.165, 1.54) is 4.90 Å². The summed E-state index contributed by atoms with van der Waals surface area (Å²) in [7, 11) is 0. The van der Waals surface area contributed by atoms with E-state index in [0.717, 1.165) is 0 Å². The minimum atomic E-state index is -0.734. The zero-order valence-electron chi connectivity index (χ0n) is 15.5. The number of ether oxygens (including phenoxy) is 1. The summed E-state index contributed by atoms with van der Waals surface area (Å²) in [5, 5.41) is 4.06. The first-order chi connectivity index (χ1) is 13.3. The number of halogens is 3. The van der Waals surface area contributed by atoms with E-state index in [2.05, 4.69) is 5.32 Å². The predicted octanol–water partition coefficient (Wildman–Crippen LogP) is 4.58. The third kappa shape index (κ3) is 6.03. The van der Waals surface area contributed by atoms with Crippen molar-refractivity contribution >= 4 is 46.6 Å². The van der Waals surface area contributed by atoms with Crippen LogP contribution in [0.25, 0.3) is 0 Å². The summed E-state index contributed by atoms with van der Waals surface area (Å²) in [6.07, 6.45) is 0. The second-order valence-electron chi connectivity index (χ2n) is 6.04. The van der Waals surface area contributed by atoms with Gasteiger partial charge in [-0.2, -0.15) is 0 Å². The molecule has 0 fully saturated rings. The lowest BCUT2D eigenvalue weighted by Crippen LogP contribution is -2.49. The van der Waals surface area contributed by atoms with E-state index in [4.69, 9.17) is 39.5 Å². The number of amides is 2. The van der Waals surface area contributed by atoms with Gasteiger partial charge in [-0.25, -0.2) is 0 Å². The number of rotatable bonds is 8. The van der Waals surface area contributed by atoms with Gasteiger partial charge >= 0.3 is 0 Å². The maximum absolute atomic E-state index is 12.9. The quantitative estimate of drug-likeness (QED) is 0.650. The van der Waals surface area contributed by atoms with Crippen molar-refractivity contribution in [2.24, 2.45) is 0 Å². The van der Waals surface area contributed by atoms with Crippen molar-refractivity contribution in [3.05, 3.63) is 63.1 Å². The van der Waals surface area contributed by atoms with Crippen molar-refractivity contribution < 1.29 is 14.3 Å². The van der Waals surface area contributed by atoms with E-state index >= 15 is 0 Å². The number of nitrogens with zero attached hydrogens (tertiary/aromatic N) is 1. The van der Waals surface area contributed by atoms with Crippen LogP contribution in [0.15, 0.2) is 42.5 Å². The van der Waals surface area contributed by atoms with Crippen molar-refractivity contribution in [1.29, 1.82) is 0 Å². The highest BCUT2D eigenvalue weighted by Gasteiger charge is 2.27. The summed E-state index contributed by atoms with van der Waals surface area (Å²) in [5.41, 5.74) is 0.568. The molecule has 1 N–H and O–H groups in total. The Balaban J connectivity index is 2.21. The van der Waals surface area contributed by atoms with Crippen LogP contribution in [0.2, 0.25) is 15.1 Å². The Morgan fingerprint density at radius 1 is 1.11 bits per heavy atom. The molecule has 0 spiro atoms. The largest absolute Gasteiger partial charge is 0.484 e. The summed E-state index contributed by atoms with van der Waals surface area (Å²) in [6.45, 7) is 3.73. The number of hydrogen-bond acceptors (Lipinski definition) is 3. The molecule has 0 aromatic heterocycles. The smallest absolute Gasteiger partial charge is 0.261 e. The first kappa shape index (κ1) is 22.3. The molecule has 28 heavy (non-hydrogen) atoms. The van der Waals surface area contributed by atoms with Crippen LogP contribution >= 0.6 is 34.8 Å². The van der Waals surface area contributed by atoms with E-state index in [1.807, 2.05) is 6.92 Å². The van der Waals surface area contributed by atoms with Crippen molar-refractivity contribution in [2.45, 2.75) is 26.4 Å². The van der Waals surface area contributed by atoms with Crippen LogP contribution in [0.5, 0.6) is 5.75 Å². The molecule has 150 valence electrons.